The van der Waals surface area contributed by atoms with E-state index in [0.717, 1.165) is 5.56 Å². The Morgan fingerprint density at radius 2 is 2.03 bits per heavy atom. The number of fused-ring (bicyclic) bond motifs is 3. The van der Waals surface area contributed by atoms with E-state index in [1.165, 1.54) is 7.11 Å². The van der Waals surface area contributed by atoms with Crippen LogP contribution in [0.4, 0.5) is 5.69 Å². The molecule has 0 spiro atoms. The minimum Gasteiger partial charge on any atom is -0.481 e. The van der Waals surface area contributed by atoms with Gasteiger partial charge in [0.2, 0.25) is 5.65 Å². The lowest BCUT2D eigenvalue weighted by Crippen LogP contribution is -2.31. The second-order valence-electron chi connectivity index (χ2n) is 7.16. The number of carboxylic acids is 1. The van der Waals surface area contributed by atoms with E-state index in [1.54, 1.807) is 43.4 Å². The van der Waals surface area contributed by atoms with Crippen LogP contribution in [0.2, 0.25) is 0 Å². The van der Waals surface area contributed by atoms with Gasteiger partial charge in [0, 0.05) is 11.7 Å². The zero-order chi connectivity index (χ0) is 22.2. The maximum absolute atomic E-state index is 12.5. The zero-order valence-electron chi connectivity index (χ0n) is 17.4. The lowest BCUT2D eigenvalue weighted by atomic mass is 10.00. The molecule has 0 amide bonds. The van der Waals surface area contributed by atoms with Crippen LogP contribution in [0.15, 0.2) is 29.1 Å². The number of allylic oxidation sites excluding steroid dienone is 1. The summed E-state index contributed by atoms with van der Waals surface area (Å²) >= 11 is 0. The average molecular weight is 412 g/mol. The van der Waals surface area contributed by atoms with Gasteiger partial charge in [0.25, 0.3) is 5.56 Å². The Hall–Kier alpha value is -3.62. The Balaban J connectivity index is 2.20. The molecule has 9 heteroatoms. The topological polar surface area (TPSA) is 126 Å². The number of rotatable bonds is 6. The van der Waals surface area contributed by atoms with Gasteiger partial charge in [0.05, 0.1) is 29.8 Å². The van der Waals surface area contributed by atoms with Crippen LogP contribution < -0.4 is 10.9 Å². The maximum atomic E-state index is 12.5. The molecule has 2 unspecified atom stereocenters. The van der Waals surface area contributed by atoms with Crippen molar-refractivity contribution < 1.29 is 19.4 Å². The van der Waals surface area contributed by atoms with Crippen LogP contribution in [0.25, 0.3) is 16.7 Å². The molecule has 0 saturated heterocycles. The van der Waals surface area contributed by atoms with Crippen LogP contribution in [0.3, 0.4) is 0 Å². The van der Waals surface area contributed by atoms with E-state index < -0.39 is 23.4 Å². The number of nitrogens with zero attached hydrogens (tertiary/aromatic N) is 2. The van der Waals surface area contributed by atoms with Crippen molar-refractivity contribution in [3.05, 3.63) is 51.6 Å². The highest BCUT2D eigenvalue weighted by molar-refractivity contribution is 5.91. The minimum atomic E-state index is -0.925. The number of anilines is 1. The number of hydrogen-bond acceptors (Lipinski definition) is 6. The average Bonchev–Trinajstić information content (AvgIpc) is 3.04. The molecule has 158 valence electrons. The van der Waals surface area contributed by atoms with Crippen LogP contribution >= 0.6 is 0 Å². The number of nitrogens with one attached hydrogen (secondary N) is 2. The molecule has 3 aromatic rings. The number of carboxylic acid groups (broad SMARTS) is 1. The van der Waals surface area contributed by atoms with E-state index in [-0.39, 0.29) is 17.4 Å². The molecule has 0 radical (unpaired) electrons. The first-order valence-electron chi connectivity index (χ1n) is 9.45. The fraction of sp³-hybridized carbons (Fsp3) is 0.333. The summed E-state index contributed by atoms with van der Waals surface area (Å²) < 4.78 is 6.37. The Kier molecular flexibility index (Phi) is 5.64. The number of ether oxygens (including phenoxy) is 1. The number of aromatic nitrogens is 3. The van der Waals surface area contributed by atoms with Crippen molar-refractivity contribution in [3.8, 4) is 0 Å². The van der Waals surface area contributed by atoms with Gasteiger partial charge in [-0.25, -0.2) is 9.78 Å². The quantitative estimate of drug-likeness (QED) is 0.420. The second-order valence-corrected chi connectivity index (χ2v) is 7.16. The number of aryl methyl sites for hydroxylation is 2. The van der Waals surface area contributed by atoms with Crippen LogP contribution in [-0.4, -0.2) is 44.6 Å². The van der Waals surface area contributed by atoms with Crippen molar-refractivity contribution in [2.24, 2.45) is 5.92 Å². The van der Waals surface area contributed by atoms with E-state index in [2.05, 4.69) is 15.3 Å². The van der Waals surface area contributed by atoms with Gasteiger partial charge in [0.15, 0.2) is 5.69 Å². The Morgan fingerprint density at radius 3 is 2.63 bits per heavy atom. The third-order valence-electron chi connectivity index (χ3n) is 5.13. The Labute approximate surface area is 172 Å². The van der Waals surface area contributed by atoms with Crippen LogP contribution in [0.5, 0.6) is 0 Å². The summed E-state index contributed by atoms with van der Waals surface area (Å²) in [4.78, 5) is 43.1. The van der Waals surface area contributed by atoms with Gasteiger partial charge in [-0.15, -0.1) is 0 Å². The van der Waals surface area contributed by atoms with Crippen molar-refractivity contribution in [2.75, 3.05) is 12.4 Å². The number of carbonyl (C=O) groups excluding carboxylic acids is 1. The molecular weight excluding hydrogens is 388 g/mol. The van der Waals surface area contributed by atoms with Crippen molar-refractivity contribution >= 4 is 34.3 Å². The van der Waals surface area contributed by atoms with Gasteiger partial charge in [-0.05, 0) is 45.4 Å². The lowest BCUT2D eigenvalue weighted by molar-refractivity contribution is -0.140. The first-order chi connectivity index (χ1) is 14.2. The number of aliphatic carboxylic acids is 1. The lowest BCUT2D eigenvalue weighted by Gasteiger charge is -2.21. The number of hydrogen-bond donors (Lipinski definition) is 3. The summed E-state index contributed by atoms with van der Waals surface area (Å²) in [5.74, 6) is -2.26. The molecule has 0 aliphatic rings. The van der Waals surface area contributed by atoms with Crippen molar-refractivity contribution in [1.29, 1.82) is 0 Å². The molecule has 3 rings (SSSR count). The molecule has 9 nitrogen and oxygen atoms in total. The van der Waals surface area contributed by atoms with Gasteiger partial charge in [0.1, 0.15) is 0 Å². The normalized spacial score (nSPS) is 13.6. The van der Waals surface area contributed by atoms with Crippen LogP contribution in [-0.2, 0) is 9.53 Å². The van der Waals surface area contributed by atoms with Crippen molar-refractivity contribution in [3.63, 3.8) is 0 Å². The van der Waals surface area contributed by atoms with Crippen LogP contribution in [0, 0.1) is 19.8 Å². The highest BCUT2D eigenvalue weighted by Crippen LogP contribution is 2.26. The minimum absolute atomic E-state index is 0.0676. The maximum Gasteiger partial charge on any atom is 0.358 e. The summed E-state index contributed by atoms with van der Waals surface area (Å²) in [6.45, 7) is 7.12. The zero-order valence-corrected chi connectivity index (χ0v) is 17.4. The fourth-order valence-electron chi connectivity index (χ4n) is 3.56. The van der Waals surface area contributed by atoms with E-state index in [0.29, 0.717) is 22.4 Å². The van der Waals surface area contributed by atoms with E-state index in [4.69, 9.17) is 4.74 Å². The standard InChI is InChI=1S/C21H24N4O5/c1-6-7-13(20(27)28)11(3)22-14-9-16-15(8-10(14)2)23-19(26)18-24-17(21(29)30-5)12(4)25(16)18/h6-9,11,13,22H,1-5H3,(H,23,26)(H,27,28)/b7-6-. The molecule has 0 saturated carbocycles. The predicted octanol–water partition coefficient (Wildman–Crippen LogP) is 2.66. The molecule has 2 aromatic heterocycles. The van der Waals surface area contributed by atoms with Gasteiger partial charge < -0.3 is 20.1 Å². The molecule has 0 bridgehead atoms. The first kappa shape index (κ1) is 21.1. The van der Waals surface area contributed by atoms with Gasteiger partial charge >= 0.3 is 11.9 Å². The smallest absolute Gasteiger partial charge is 0.358 e. The molecule has 2 atom stereocenters. The summed E-state index contributed by atoms with van der Waals surface area (Å²) in [5, 5.41) is 12.8. The molecule has 0 fully saturated rings. The Morgan fingerprint density at radius 1 is 1.33 bits per heavy atom. The molecule has 2 heterocycles. The monoisotopic (exact) mass is 412 g/mol. The Bertz CT molecular complexity index is 1240. The molecule has 3 N–H and O–H groups in total. The highest BCUT2D eigenvalue weighted by atomic mass is 16.5. The summed E-state index contributed by atoms with van der Waals surface area (Å²) in [7, 11) is 1.25. The second kappa shape index (κ2) is 8.02. The molecule has 0 aliphatic heterocycles. The number of esters is 1. The largest absolute Gasteiger partial charge is 0.481 e. The number of benzene rings is 1. The number of imidazole rings is 1. The van der Waals surface area contributed by atoms with Gasteiger partial charge in [-0.2, -0.15) is 0 Å². The first-order valence-corrected chi connectivity index (χ1v) is 9.45. The predicted molar refractivity (Wildman–Crippen MR) is 113 cm³/mol. The summed E-state index contributed by atoms with van der Waals surface area (Å²) in [5.41, 5.74) is 2.96. The number of aromatic amines is 1. The third-order valence-corrected chi connectivity index (χ3v) is 5.13. The number of carbonyl (C=O) groups is 2. The fourth-order valence-corrected chi connectivity index (χ4v) is 3.56. The highest BCUT2D eigenvalue weighted by Gasteiger charge is 2.23. The number of methoxy groups -OCH3 is 1. The van der Waals surface area contributed by atoms with Crippen molar-refractivity contribution in [1.82, 2.24) is 14.4 Å². The molecule has 1 aromatic carbocycles. The molecule has 30 heavy (non-hydrogen) atoms. The van der Waals surface area contributed by atoms with Gasteiger partial charge in [-0.1, -0.05) is 12.2 Å². The van der Waals surface area contributed by atoms with E-state index >= 15 is 0 Å². The SMILES string of the molecule is C/C=C\C(C(=O)O)C(C)Nc1cc2c(cc1C)[nH]c(=O)c1nc(C(=O)OC)c(C)n12. The molecule has 0 aliphatic carbocycles. The third kappa shape index (κ3) is 3.54. The van der Waals surface area contributed by atoms with Crippen molar-refractivity contribution in [2.45, 2.75) is 33.7 Å². The molecular formula is C21H24N4O5. The van der Waals surface area contributed by atoms with E-state index in [1.807, 2.05) is 13.0 Å². The van der Waals surface area contributed by atoms with E-state index in [9.17, 15) is 19.5 Å². The summed E-state index contributed by atoms with van der Waals surface area (Å²) in [6, 6.07) is 3.23. The summed E-state index contributed by atoms with van der Waals surface area (Å²) in [6.07, 6.45) is 3.34. The van der Waals surface area contributed by atoms with Crippen LogP contribution in [0.1, 0.15) is 35.6 Å². The van der Waals surface area contributed by atoms with Gasteiger partial charge in [-0.3, -0.25) is 14.0 Å². The number of H-pyrrole nitrogens is 1.